The highest BCUT2D eigenvalue weighted by Crippen LogP contribution is 2.23. The number of nitrogens with one attached hydrogen (secondary N) is 4. The summed E-state index contributed by atoms with van der Waals surface area (Å²) < 4.78 is 0. The second kappa shape index (κ2) is 30.8. The van der Waals surface area contributed by atoms with Crippen LogP contribution < -0.4 is 21.3 Å². The number of carbonyl (C=O) groups is 9. The molecule has 0 fully saturated rings. The molecule has 1 aromatic carbocycles. The minimum atomic E-state index is -0.908. The Morgan fingerprint density at radius 2 is 1.27 bits per heavy atom. The van der Waals surface area contributed by atoms with E-state index >= 15 is 0 Å². The van der Waals surface area contributed by atoms with E-state index in [1.807, 2.05) is 32.2 Å². The van der Waals surface area contributed by atoms with Gasteiger partial charge in [-0.1, -0.05) is 79.7 Å². The summed E-state index contributed by atoms with van der Waals surface area (Å²) in [6.45, 7) is 19.8. The Balaban J connectivity index is 2.86. The maximum atomic E-state index is 13.9. The van der Waals surface area contributed by atoms with Gasteiger partial charge in [-0.2, -0.15) is 11.8 Å². The highest BCUT2D eigenvalue weighted by atomic mass is 32.2. The molecule has 0 spiro atoms. The van der Waals surface area contributed by atoms with Crippen molar-refractivity contribution < 1.29 is 43.2 Å². The fraction of sp³-hybridized carbons (Fsp3) is 0.694. The van der Waals surface area contributed by atoms with Gasteiger partial charge in [0.2, 0.25) is 23.6 Å². The SMILES string of the molecule is CCC(=O)[C@H](CCSC)NC(=O)CCC(=O)CNC(=O)CCC(=O)[C@H](CCCCN(CC)CC)NC(=O)C(CC(=O)[C@H](C)NC(=O)CCC(=O)c1ccc(C(C)(C)C)cc1)CC(C)C. The van der Waals surface area contributed by atoms with Crippen LogP contribution in [0.4, 0.5) is 0 Å². The van der Waals surface area contributed by atoms with Gasteiger partial charge < -0.3 is 26.2 Å². The molecule has 64 heavy (non-hydrogen) atoms. The summed E-state index contributed by atoms with van der Waals surface area (Å²) in [4.78, 5) is 119. The van der Waals surface area contributed by atoms with E-state index in [2.05, 4.69) is 60.8 Å². The Bertz CT molecular complexity index is 1690. The molecular formula is C49H79N5O9S. The zero-order valence-corrected chi connectivity index (χ0v) is 41.3. The summed E-state index contributed by atoms with van der Waals surface area (Å²) in [5.74, 6) is -3.21. The van der Waals surface area contributed by atoms with Crippen LogP contribution in [0.2, 0.25) is 0 Å². The largest absolute Gasteiger partial charge is 0.349 e. The quantitative estimate of drug-likeness (QED) is 0.0459. The first-order chi connectivity index (χ1) is 30.1. The Kier molecular flexibility index (Phi) is 27.8. The molecule has 4 amide bonds. The summed E-state index contributed by atoms with van der Waals surface area (Å²) >= 11 is 1.57. The molecule has 0 aliphatic rings. The number of ketones is 5. The van der Waals surface area contributed by atoms with Gasteiger partial charge in [-0.05, 0) is 87.6 Å². The summed E-state index contributed by atoms with van der Waals surface area (Å²) in [7, 11) is 0. The number of hydrogen-bond acceptors (Lipinski definition) is 11. The van der Waals surface area contributed by atoms with Crippen molar-refractivity contribution in [2.75, 3.05) is 38.2 Å². The van der Waals surface area contributed by atoms with E-state index in [0.717, 1.165) is 31.6 Å². The van der Waals surface area contributed by atoms with E-state index in [1.165, 1.54) is 0 Å². The summed E-state index contributed by atoms with van der Waals surface area (Å²) in [5, 5.41) is 10.8. The summed E-state index contributed by atoms with van der Waals surface area (Å²) in [5.41, 5.74) is 1.54. The maximum Gasteiger partial charge on any atom is 0.224 e. The van der Waals surface area contributed by atoms with Gasteiger partial charge in [0.1, 0.15) is 0 Å². The predicted molar refractivity (Wildman–Crippen MR) is 254 cm³/mol. The van der Waals surface area contributed by atoms with E-state index in [9.17, 15) is 43.2 Å². The van der Waals surface area contributed by atoms with Gasteiger partial charge in [-0.3, -0.25) is 43.2 Å². The van der Waals surface area contributed by atoms with Gasteiger partial charge >= 0.3 is 0 Å². The highest BCUT2D eigenvalue weighted by molar-refractivity contribution is 7.98. The van der Waals surface area contributed by atoms with Crippen LogP contribution in [0.5, 0.6) is 0 Å². The molecule has 0 saturated carbocycles. The average Bonchev–Trinajstić information content (AvgIpc) is 3.25. The molecule has 0 radical (unpaired) electrons. The molecule has 15 heteroatoms. The molecule has 4 atom stereocenters. The Morgan fingerprint density at radius 3 is 1.84 bits per heavy atom. The zero-order valence-electron chi connectivity index (χ0n) is 40.5. The lowest BCUT2D eigenvalue weighted by Gasteiger charge is -2.24. The first kappa shape index (κ1) is 57.8. The third kappa shape index (κ3) is 23.6. The minimum Gasteiger partial charge on any atom is -0.349 e. The molecule has 0 aliphatic heterocycles. The first-order valence-electron chi connectivity index (χ1n) is 23.3. The fourth-order valence-electron chi connectivity index (χ4n) is 7.12. The van der Waals surface area contributed by atoms with Crippen LogP contribution in [0.3, 0.4) is 0 Å². The van der Waals surface area contributed by atoms with Crippen molar-refractivity contribution in [2.45, 2.75) is 169 Å². The molecule has 360 valence electrons. The van der Waals surface area contributed by atoms with Gasteiger partial charge in [-0.25, -0.2) is 0 Å². The number of Topliss-reactive ketones (excluding diaryl/α,β-unsaturated/α-hetero) is 5. The number of carbonyl (C=O) groups excluding carboxylic acids is 9. The number of benzene rings is 1. The number of unbranched alkanes of at least 4 members (excludes halogenated alkanes) is 1. The van der Waals surface area contributed by atoms with E-state index in [-0.39, 0.29) is 91.7 Å². The molecule has 0 heterocycles. The van der Waals surface area contributed by atoms with Crippen molar-refractivity contribution in [1.82, 2.24) is 26.2 Å². The van der Waals surface area contributed by atoms with Crippen molar-refractivity contribution in [1.29, 1.82) is 0 Å². The Labute approximate surface area is 387 Å². The molecule has 1 aromatic rings. The third-order valence-corrected chi connectivity index (χ3v) is 11.9. The normalized spacial score (nSPS) is 13.4. The molecule has 0 aliphatic carbocycles. The van der Waals surface area contributed by atoms with Crippen molar-refractivity contribution in [3.63, 3.8) is 0 Å². The molecule has 1 unspecified atom stereocenters. The van der Waals surface area contributed by atoms with Crippen LogP contribution >= 0.6 is 11.8 Å². The minimum absolute atomic E-state index is 0.0204. The maximum absolute atomic E-state index is 13.9. The van der Waals surface area contributed by atoms with Crippen LogP contribution in [0.25, 0.3) is 0 Å². The van der Waals surface area contributed by atoms with Crippen molar-refractivity contribution >= 4 is 64.3 Å². The zero-order chi connectivity index (χ0) is 48.4. The number of thioether (sulfide) groups is 1. The number of nitrogens with zero attached hydrogens (tertiary/aromatic N) is 1. The smallest absolute Gasteiger partial charge is 0.224 e. The Hall–Kier alpha value is -4.24. The van der Waals surface area contributed by atoms with Crippen molar-refractivity contribution in [3.05, 3.63) is 35.4 Å². The van der Waals surface area contributed by atoms with Gasteiger partial charge in [0, 0.05) is 62.8 Å². The van der Waals surface area contributed by atoms with Crippen LogP contribution in [-0.2, 0) is 43.8 Å². The van der Waals surface area contributed by atoms with Crippen LogP contribution in [0.15, 0.2) is 24.3 Å². The predicted octanol–water partition coefficient (Wildman–Crippen LogP) is 6.10. The monoisotopic (exact) mass is 914 g/mol. The van der Waals surface area contributed by atoms with Crippen LogP contribution in [0, 0.1) is 11.8 Å². The van der Waals surface area contributed by atoms with Gasteiger partial charge in [0.15, 0.2) is 28.9 Å². The molecule has 14 nitrogen and oxygen atoms in total. The topological polar surface area (TPSA) is 205 Å². The van der Waals surface area contributed by atoms with Crippen LogP contribution in [-0.4, -0.2) is 114 Å². The third-order valence-electron chi connectivity index (χ3n) is 11.3. The lowest BCUT2D eigenvalue weighted by atomic mass is 9.86. The molecule has 0 saturated heterocycles. The van der Waals surface area contributed by atoms with Crippen molar-refractivity contribution in [2.24, 2.45) is 11.8 Å². The summed E-state index contributed by atoms with van der Waals surface area (Å²) in [6.07, 6.45) is 3.89. The highest BCUT2D eigenvalue weighted by Gasteiger charge is 2.30. The molecule has 0 aromatic heterocycles. The van der Waals surface area contributed by atoms with Crippen molar-refractivity contribution in [3.8, 4) is 0 Å². The summed E-state index contributed by atoms with van der Waals surface area (Å²) in [6, 6.07) is 4.93. The van der Waals surface area contributed by atoms with Crippen LogP contribution in [0.1, 0.15) is 162 Å². The standard InChI is InChI=1S/C49H79N5O9S/c1-11-41(56)40(27-29-64-10)52-47(62)24-21-38(55)32-50-45(60)25-23-43(58)39(16-14-15-28-54(12-2)13-3)53-48(63)36(30-33(4)5)31-44(59)34(6)51-46(61)26-22-42(57)35-17-19-37(20-18-35)49(7,8)9/h17-20,33-34,36,39-40H,11-16,21-32H2,1-10H3,(H,50,60)(H,51,61)(H,52,62)(H,53,63)/t34-,36?,39-,40-/m0/s1. The second-order valence-corrected chi connectivity index (χ2v) is 19.1. The van der Waals surface area contributed by atoms with E-state index in [4.69, 9.17) is 0 Å². The fourth-order valence-corrected chi connectivity index (χ4v) is 7.59. The van der Waals surface area contributed by atoms with E-state index in [0.29, 0.717) is 43.4 Å². The van der Waals surface area contributed by atoms with E-state index in [1.54, 1.807) is 37.7 Å². The lowest BCUT2D eigenvalue weighted by molar-refractivity contribution is -0.134. The Morgan fingerprint density at radius 1 is 0.672 bits per heavy atom. The average molecular weight is 914 g/mol. The second-order valence-electron chi connectivity index (χ2n) is 18.1. The molecule has 4 N–H and O–H groups in total. The number of hydrogen-bond donors (Lipinski definition) is 4. The van der Waals surface area contributed by atoms with Gasteiger partial charge in [0.25, 0.3) is 0 Å². The van der Waals surface area contributed by atoms with Gasteiger partial charge in [0.05, 0.1) is 24.7 Å². The number of amides is 4. The van der Waals surface area contributed by atoms with Gasteiger partial charge in [-0.15, -0.1) is 0 Å². The number of rotatable bonds is 34. The lowest BCUT2D eigenvalue weighted by Crippen LogP contribution is -2.46. The molecular weight excluding hydrogens is 835 g/mol. The van der Waals surface area contributed by atoms with E-state index < -0.39 is 47.7 Å². The molecule has 0 bridgehead atoms. The first-order valence-corrected chi connectivity index (χ1v) is 24.6. The molecule has 1 rings (SSSR count).